The Bertz CT molecular complexity index is 1400. The number of aromatic nitrogens is 3. The van der Waals surface area contributed by atoms with E-state index < -0.39 is 34.9 Å². The van der Waals surface area contributed by atoms with E-state index in [4.69, 9.17) is 5.73 Å². The fraction of sp³-hybridized carbons (Fsp3) is 0.211. The van der Waals surface area contributed by atoms with Gasteiger partial charge in [0.15, 0.2) is 12.7 Å². The van der Waals surface area contributed by atoms with Crippen LogP contribution < -0.4 is 20.7 Å². The van der Waals surface area contributed by atoms with Crippen LogP contribution in [0.4, 0.5) is 6.01 Å². The van der Waals surface area contributed by atoms with E-state index in [1.807, 2.05) is 34.3 Å². The average Bonchev–Trinajstić information content (AvgIpc) is 3.47. The number of oxime groups is 1. The number of fused-ring (bicyclic) bond motifs is 2. The number of carbonyl (C=O) groups excluding carboxylic acids is 3. The zero-order chi connectivity index (χ0) is 24.0. The summed E-state index contributed by atoms with van der Waals surface area (Å²) >= 11 is 2.83. The highest BCUT2D eigenvalue weighted by Crippen LogP contribution is 2.40. The molecule has 0 aromatic carbocycles. The lowest BCUT2D eigenvalue weighted by Crippen LogP contribution is -2.71. The number of anilines is 1. The van der Waals surface area contributed by atoms with Crippen LogP contribution in [0, 0.1) is 0 Å². The van der Waals surface area contributed by atoms with Crippen LogP contribution in [-0.2, 0) is 20.9 Å². The van der Waals surface area contributed by atoms with Gasteiger partial charge in [-0.05, 0) is 17.5 Å². The SMILES string of the molecule is Nc1nc(C(=NO)C(=O)NC2C(=O)N3C(C(=O)[O-])=C(C[n+]4cccc5ccsc54)CS[C@H]23)no1. The number of aliphatic carboxylic acids is 1. The number of nitrogens with two attached hydrogens (primary N) is 1. The first-order valence-corrected chi connectivity index (χ1v) is 11.7. The molecule has 1 unspecified atom stereocenters. The first kappa shape index (κ1) is 21.8. The van der Waals surface area contributed by atoms with E-state index in [9.17, 15) is 24.7 Å². The molecule has 174 valence electrons. The maximum absolute atomic E-state index is 12.9. The van der Waals surface area contributed by atoms with E-state index in [1.165, 1.54) is 23.1 Å². The predicted molar refractivity (Wildman–Crippen MR) is 116 cm³/mol. The largest absolute Gasteiger partial charge is 0.543 e. The molecule has 5 rings (SSSR count). The summed E-state index contributed by atoms with van der Waals surface area (Å²) in [6.45, 7) is 0.266. The molecule has 0 radical (unpaired) electrons. The predicted octanol–water partition coefficient (Wildman–Crippen LogP) is -1.56. The zero-order valence-electron chi connectivity index (χ0n) is 17.1. The number of hydrogen-bond donors (Lipinski definition) is 3. The fourth-order valence-corrected chi connectivity index (χ4v) is 6.06. The zero-order valence-corrected chi connectivity index (χ0v) is 18.7. The van der Waals surface area contributed by atoms with Gasteiger partial charge in [0.25, 0.3) is 16.6 Å². The topological polar surface area (TPSA) is 191 Å². The van der Waals surface area contributed by atoms with Crippen molar-refractivity contribution >= 4 is 62.8 Å². The Labute approximate surface area is 198 Å². The number of thioether (sulfide) groups is 1. The average molecular weight is 502 g/mol. The minimum atomic E-state index is -1.47. The first-order chi connectivity index (χ1) is 16.4. The van der Waals surface area contributed by atoms with Gasteiger partial charge in [0, 0.05) is 17.4 Å². The molecule has 13 nitrogen and oxygen atoms in total. The van der Waals surface area contributed by atoms with Crippen LogP contribution >= 0.6 is 23.1 Å². The van der Waals surface area contributed by atoms with E-state index in [2.05, 4.69) is 25.1 Å². The van der Waals surface area contributed by atoms with Gasteiger partial charge in [-0.1, -0.05) is 21.6 Å². The molecular weight excluding hydrogens is 486 g/mol. The number of β-lactam (4-membered cyclic amide) rings is 1. The Hall–Kier alpha value is -3.98. The summed E-state index contributed by atoms with van der Waals surface area (Å²) in [4.78, 5) is 43.1. The van der Waals surface area contributed by atoms with Crippen molar-refractivity contribution in [3.63, 3.8) is 0 Å². The summed E-state index contributed by atoms with van der Waals surface area (Å²) in [7, 11) is 0. The number of nitrogens with zero attached hydrogens (tertiary/aromatic N) is 5. The van der Waals surface area contributed by atoms with Gasteiger partial charge in [-0.2, -0.15) is 9.55 Å². The van der Waals surface area contributed by atoms with Crippen molar-refractivity contribution in [1.29, 1.82) is 0 Å². The van der Waals surface area contributed by atoms with Crippen molar-refractivity contribution in [3.8, 4) is 0 Å². The van der Waals surface area contributed by atoms with Gasteiger partial charge < -0.3 is 30.7 Å². The summed E-state index contributed by atoms with van der Waals surface area (Å²) in [6, 6.07) is 4.40. The lowest BCUT2D eigenvalue weighted by molar-refractivity contribution is -0.661. The Morgan fingerprint density at radius 1 is 1.44 bits per heavy atom. The van der Waals surface area contributed by atoms with Crippen LogP contribution in [0.2, 0.25) is 0 Å². The molecular formula is C19H15N7O6S2. The number of hydrogen-bond acceptors (Lipinski definition) is 12. The van der Waals surface area contributed by atoms with Gasteiger partial charge in [0.05, 0.1) is 17.1 Å². The number of carboxylic acid groups (broad SMARTS) is 1. The molecule has 2 aliphatic rings. The van der Waals surface area contributed by atoms with E-state index in [0.29, 0.717) is 11.3 Å². The Kier molecular flexibility index (Phi) is 5.41. The monoisotopic (exact) mass is 501 g/mol. The van der Waals surface area contributed by atoms with Gasteiger partial charge >= 0.3 is 6.01 Å². The third kappa shape index (κ3) is 3.54. The molecule has 1 fully saturated rings. The number of nitrogens with one attached hydrogen (secondary N) is 1. The number of pyridine rings is 1. The second-order valence-electron chi connectivity index (χ2n) is 7.32. The fourth-order valence-electron chi connectivity index (χ4n) is 3.85. The number of carbonyl (C=O) groups is 3. The molecule has 2 amide bonds. The number of rotatable bonds is 6. The highest BCUT2D eigenvalue weighted by Gasteiger charge is 2.53. The van der Waals surface area contributed by atoms with Gasteiger partial charge in [-0.15, -0.1) is 11.8 Å². The summed E-state index contributed by atoms with van der Waals surface area (Å²) in [5.74, 6) is -3.12. The molecule has 2 atom stereocenters. The molecule has 0 spiro atoms. The van der Waals surface area contributed by atoms with Crippen LogP contribution in [0.1, 0.15) is 5.82 Å². The van der Waals surface area contributed by atoms with Gasteiger partial charge in [0.2, 0.25) is 11.5 Å². The van der Waals surface area contributed by atoms with Gasteiger partial charge in [-0.25, -0.2) is 0 Å². The third-order valence-corrected chi connectivity index (χ3v) is 7.64. The Morgan fingerprint density at radius 3 is 2.97 bits per heavy atom. The van der Waals surface area contributed by atoms with Crippen LogP contribution in [0.5, 0.6) is 0 Å². The standard InChI is InChI=1S/C19H15N7O6S2/c20-19-22-13(24-32-19)10(23-31)14(27)21-11-15(28)26-12(18(29)30)9(7-34-17(11)26)6-25-4-1-2-8-3-5-33-16(8)25/h1-5,11,17H,6-7H2,(H4-,20,21,22,24,27,29,30,31)/t11?,17-/m1/s1. The maximum Gasteiger partial charge on any atom is 0.319 e. The van der Waals surface area contributed by atoms with Crippen molar-refractivity contribution in [2.45, 2.75) is 18.0 Å². The van der Waals surface area contributed by atoms with E-state index in [0.717, 1.165) is 15.1 Å². The number of amides is 2. The van der Waals surface area contributed by atoms with Gasteiger partial charge in [0.1, 0.15) is 11.4 Å². The third-order valence-electron chi connectivity index (χ3n) is 5.33. The smallest absolute Gasteiger partial charge is 0.319 e. The second kappa shape index (κ2) is 8.42. The normalized spacial score (nSPS) is 20.3. The molecule has 0 saturated carbocycles. The van der Waals surface area contributed by atoms with Crippen molar-refractivity contribution in [2.24, 2.45) is 5.16 Å². The summed E-state index contributed by atoms with van der Waals surface area (Å²) in [5, 5.41) is 32.2. The first-order valence-electron chi connectivity index (χ1n) is 9.75. The minimum Gasteiger partial charge on any atom is -0.543 e. The molecule has 1 saturated heterocycles. The summed E-state index contributed by atoms with van der Waals surface area (Å²) < 4.78 is 6.48. The van der Waals surface area contributed by atoms with Crippen molar-refractivity contribution in [3.05, 3.63) is 46.9 Å². The lowest BCUT2D eigenvalue weighted by Gasteiger charge is -2.50. The molecule has 3 aromatic heterocycles. The minimum absolute atomic E-state index is 0.206. The van der Waals surface area contributed by atoms with Crippen LogP contribution in [0.25, 0.3) is 10.2 Å². The molecule has 5 heterocycles. The molecule has 0 aliphatic carbocycles. The maximum atomic E-state index is 12.9. The van der Waals surface area contributed by atoms with Crippen LogP contribution in [0.3, 0.4) is 0 Å². The van der Waals surface area contributed by atoms with Crippen molar-refractivity contribution < 1.29 is 33.8 Å². The number of nitrogen functional groups attached to an aromatic ring is 1. The second-order valence-corrected chi connectivity index (χ2v) is 9.32. The van der Waals surface area contributed by atoms with Crippen molar-refractivity contribution in [2.75, 3.05) is 11.5 Å². The molecule has 34 heavy (non-hydrogen) atoms. The number of thiophene rings is 1. The molecule has 4 N–H and O–H groups in total. The van der Waals surface area contributed by atoms with Crippen LogP contribution in [0.15, 0.2) is 50.7 Å². The lowest BCUT2D eigenvalue weighted by atomic mass is 10.0. The van der Waals surface area contributed by atoms with Crippen LogP contribution in [-0.4, -0.2) is 60.9 Å². The highest BCUT2D eigenvalue weighted by atomic mass is 32.2. The van der Waals surface area contributed by atoms with Crippen molar-refractivity contribution in [1.82, 2.24) is 20.4 Å². The molecule has 0 bridgehead atoms. The summed E-state index contributed by atoms with van der Waals surface area (Å²) in [6.07, 6.45) is 1.84. The number of carboxylic acids is 1. The summed E-state index contributed by atoms with van der Waals surface area (Å²) in [5.41, 5.74) is 5.02. The van der Waals surface area contributed by atoms with E-state index >= 15 is 0 Å². The quantitative estimate of drug-likeness (QED) is 0.117. The molecule has 3 aromatic rings. The molecule has 15 heteroatoms. The van der Waals surface area contributed by atoms with E-state index in [-0.39, 0.29) is 24.1 Å². The highest BCUT2D eigenvalue weighted by molar-refractivity contribution is 8.00. The van der Waals surface area contributed by atoms with E-state index in [1.54, 1.807) is 0 Å². The Morgan fingerprint density at radius 2 is 2.26 bits per heavy atom. The van der Waals surface area contributed by atoms with Gasteiger partial charge in [-0.3, -0.25) is 14.5 Å². The molecule has 2 aliphatic heterocycles. The Balaban J connectivity index is 1.37.